The van der Waals surface area contributed by atoms with E-state index in [1.54, 1.807) is 12.1 Å². The number of nitrogens with zero attached hydrogens (tertiary/aromatic N) is 2. The summed E-state index contributed by atoms with van der Waals surface area (Å²) in [6, 6.07) is 11.4. The molecule has 0 saturated carbocycles. The van der Waals surface area contributed by atoms with Crippen molar-refractivity contribution < 1.29 is 22.4 Å². The number of carbonyl (C=O) groups excluding carboxylic acids is 2. The van der Waals surface area contributed by atoms with Gasteiger partial charge >= 0.3 is 0 Å². The van der Waals surface area contributed by atoms with Crippen molar-refractivity contribution in [2.75, 3.05) is 5.32 Å². The third kappa shape index (κ3) is 4.72. The van der Waals surface area contributed by atoms with E-state index in [2.05, 4.69) is 10.4 Å². The Morgan fingerprint density at radius 2 is 1.74 bits per heavy atom. The third-order valence-electron chi connectivity index (χ3n) is 4.36. The molecule has 0 unspecified atom stereocenters. The zero-order valence-corrected chi connectivity index (χ0v) is 17.8. The molecule has 2 N–H and O–H groups in total. The van der Waals surface area contributed by atoms with Crippen molar-refractivity contribution in [2.24, 2.45) is 0 Å². The molecule has 31 heavy (non-hydrogen) atoms. The summed E-state index contributed by atoms with van der Waals surface area (Å²) in [5.41, 5.74) is -1.17. The molecule has 2 amide bonds. The number of carbonyl (C=O) groups is 2. The summed E-state index contributed by atoms with van der Waals surface area (Å²) in [5.74, 6) is -0.814. The lowest BCUT2D eigenvalue weighted by atomic mass is 10.0. The molecule has 0 aliphatic rings. The maximum absolute atomic E-state index is 12.9. The van der Waals surface area contributed by atoms with Gasteiger partial charge in [0.25, 0.3) is 21.5 Å². The number of amides is 2. The highest BCUT2D eigenvalue weighted by Crippen LogP contribution is 2.21. The van der Waals surface area contributed by atoms with Crippen LogP contribution < -0.4 is 15.6 Å². The summed E-state index contributed by atoms with van der Waals surface area (Å²) in [7, 11) is -3.98. The average molecular weight is 444 g/mol. The first-order valence-corrected chi connectivity index (χ1v) is 10.6. The summed E-state index contributed by atoms with van der Waals surface area (Å²) >= 11 is 0. The van der Waals surface area contributed by atoms with Crippen LogP contribution in [-0.2, 0) is 25.2 Å². The van der Waals surface area contributed by atoms with E-state index in [0.717, 1.165) is 11.6 Å². The lowest BCUT2D eigenvalue weighted by Gasteiger charge is -2.25. The number of rotatable bonds is 6. The maximum atomic E-state index is 12.9. The number of sulfonamides is 1. The van der Waals surface area contributed by atoms with Crippen molar-refractivity contribution in [2.45, 2.75) is 31.2 Å². The number of anilines is 1. The Kier molecular flexibility index (Phi) is 5.80. The second kappa shape index (κ2) is 8.19. The van der Waals surface area contributed by atoms with Gasteiger partial charge in [-0.1, -0.05) is 0 Å². The molecule has 162 valence electrons. The van der Waals surface area contributed by atoms with Crippen molar-refractivity contribution in [3.63, 3.8) is 0 Å². The van der Waals surface area contributed by atoms with Gasteiger partial charge in [-0.25, -0.2) is 17.8 Å². The summed E-state index contributed by atoms with van der Waals surface area (Å²) in [4.78, 5) is 36.2. The molecule has 2 aromatic heterocycles. The van der Waals surface area contributed by atoms with E-state index >= 15 is 0 Å². The van der Waals surface area contributed by atoms with Crippen LogP contribution in [0.4, 0.5) is 5.69 Å². The van der Waals surface area contributed by atoms with E-state index in [9.17, 15) is 22.8 Å². The lowest BCUT2D eigenvalue weighted by molar-refractivity contribution is -0.123. The Labute approximate surface area is 177 Å². The quantitative estimate of drug-likeness (QED) is 0.589. The molecule has 0 saturated heterocycles. The first kappa shape index (κ1) is 22.0. The second-order valence-electron chi connectivity index (χ2n) is 7.15. The minimum Gasteiger partial charge on any atom is -0.463 e. The molecule has 0 fully saturated rings. The first-order chi connectivity index (χ1) is 14.5. The zero-order valence-electron chi connectivity index (χ0n) is 16.9. The third-order valence-corrected chi connectivity index (χ3v) is 5.81. The predicted octanol–water partition coefficient (Wildman–Crippen LogP) is 1.70. The molecule has 1 aromatic carbocycles. The van der Waals surface area contributed by atoms with E-state index in [-0.39, 0.29) is 4.90 Å². The fraction of sp³-hybridized carbons (Fsp3) is 0.200. The smallest absolute Gasteiger partial charge is 0.267 e. The van der Waals surface area contributed by atoms with E-state index in [1.807, 2.05) is 4.72 Å². The van der Waals surface area contributed by atoms with Crippen molar-refractivity contribution in [1.29, 1.82) is 0 Å². The highest BCUT2D eigenvalue weighted by atomic mass is 32.2. The van der Waals surface area contributed by atoms with Crippen LogP contribution in [0.1, 0.15) is 20.8 Å². The molecular weight excluding hydrogens is 424 g/mol. The molecule has 3 aromatic rings. The molecule has 11 heteroatoms. The molecule has 10 nitrogen and oxygen atoms in total. The van der Waals surface area contributed by atoms with Crippen LogP contribution in [0.25, 0.3) is 11.5 Å². The van der Waals surface area contributed by atoms with Gasteiger partial charge < -0.3 is 9.73 Å². The number of aromatic nitrogens is 2. The zero-order chi connectivity index (χ0) is 22.8. The Morgan fingerprint density at radius 3 is 2.32 bits per heavy atom. The standard InChI is InChI=1S/C20H20N4O6S/c1-13(25)23-31(28,29)15-8-6-14(7-9-15)21-19(27)20(2,3)24-18(26)11-10-16(22-24)17-5-4-12-30-17/h4-12H,1-3H3,(H,21,27)(H,23,25). The number of nitrogens with one attached hydrogen (secondary N) is 2. The Morgan fingerprint density at radius 1 is 1.06 bits per heavy atom. The van der Waals surface area contributed by atoms with Gasteiger partial charge in [-0.3, -0.25) is 14.4 Å². The van der Waals surface area contributed by atoms with Gasteiger partial charge in [0.05, 0.1) is 11.2 Å². The molecule has 0 aliphatic heterocycles. The van der Waals surface area contributed by atoms with Crippen LogP contribution in [0.5, 0.6) is 0 Å². The highest BCUT2D eigenvalue weighted by Gasteiger charge is 2.32. The Hall–Kier alpha value is -3.73. The fourth-order valence-electron chi connectivity index (χ4n) is 2.71. The molecule has 0 spiro atoms. The van der Waals surface area contributed by atoms with Gasteiger partial charge in [-0.05, 0) is 56.3 Å². The summed E-state index contributed by atoms with van der Waals surface area (Å²) < 4.78 is 32.2. The van der Waals surface area contributed by atoms with Gasteiger partial charge in [0, 0.05) is 18.7 Å². The maximum Gasteiger partial charge on any atom is 0.267 e. The van der Waals surface area contributed by atoms with Crippen LogP contribution in [0.2, 0.25) is 0 Å². The Balaban J connectivity index is 1.84. The molecule has 0 bridgehead atoms. The monoisotopic (exact) mass is 444 g/mol. The molecule has 0 aliphatic carbocycles. The number of hydrogen-bond acceptors (Lipinski definition) is 7. The largest absolute Gasteiger partial charge is 0.463 e. The molecule has 0 atom stereocenters. The Bertz CT molecular complexity index is 1280. The van der Waals surface area contributed by atoms with Gasteiger partial charge in [-0.2, -0.15) is 5.10 Å². The van der Waals surface area contributed by atoms with Crippen molar-refractivity contribution in [3.8, 4) is 11.5 Å². The summed E-state index contributed by atoms with van der Waals surface area (Å²) in [6.07, 6.45) is 1.47. The lowest BCUT2D eigenvalue weighted by Crippen LogP contribution is -2.47. The van der Waals surface area contributed by atoms with Crippen LogP contribution in [0.3, 0.4) is 0 Å². The van der Waals surface area contributed by atoms with Crippen molar-refractivity contribution in [1.82, 2.24) is 14.5 Å². The SMILES string of the molecule is CC(=O)NS(=O)(=O)c1ccc(NC(=O)C(C)(C)n2nc(-c3ccco3)ccc2=O)cc1. The minimum absolute atomic E-state index is 0.135. The van der Waals surface area contributed by atoms with Crippen LogP contribution in [-0.4, -0.2) is 30.0 Å². The van der Waals surface area contributed by atoms with E-state index in [1.165, 1.54) is 56.5 Å². The van der Waals surface area contributed by atoms with E-state index < -0.39 is 32.9 Å². The van der Waals surface area contributed by atoms with Gasteiger partial charge in [-0.15, -0.1) is 0 Å². The minimum atomic E-state index is -3.98. The summed E-state index contributed by atoms with van der Waals surface area (Å²) in [6.45, 7) is 4.14. The number of furan rings is 1. The normalized spacial score (nSPS) is 11.7. The van der Waals surface area contributed by atoms with Crippen molar-refractivity contribution in [3.05, 3.63) is 65.1 Å². The first-order valence-electron chi connectivity index (χ1n) is 9.10. The van der Waals surface area contributed by atoms with Crippen LogP contribution in [0.15, 0.2) is 68.9 Å². The topological polar surface area (TPSA) is 140 Å². The molecule has 3 rings (SSSR count). The van der Waals surface area contributed by atoms with Gasteiger partial charge in [0.1, 0.15) is 11.2 Å². The predicted molar refractivity (Wildman–Crippen MR) is 112 cm³/mol. The molecular formula is C20H20N4O6S. The van der Waals surface area contributed by atoms with E-state index in [4.69, 9.17) is 4.42 Å². The summed E-state index contributed by atoms with van der Waals surface area (Å²) in [5, 5.41) is 6.89. The fourth-order valence-corrected chi connectivity index (χ4v) is 3.70. The van der Waals surface area contributed by atoms with Gasteiger partial charge in [0.15, 0.2) is 5.76 Å². The number of hydrogen-bond donors (Lipinski definition) is 2. The van der Waals surface area contributed by atoms with Crippen LogP contribution in [0, 0.1) is 0 Å². The molecule has 2 heterocycles. The second-order valence-corrected chi connectivity index (χ2v) is 8.83. The van der Waals surface area contributed by atoms with Crippen LogP contribution >= 0.6 is 0 Å². The van der Waals surface area contributed by atoms with E-state index in [0.29, 0.717) is 17.1 Å². The van der Waals surface area contributed by atoms with Gasteiger partial charge in [0.2, 0.25) is 5.91 Å². The highest BCUT2D eigenvalue weighted by molar-refractivity contribution is 7.90. The van der Waals surface area contributed by atoms with Crippen molar-refractivity contribution >= 4 is 27.5 Å². The average Bonchev–Trinajstić information content (AvgIpc) is 3.22. The number of benzene rings is 1. The molecule has 0 radical (unpaired) electrons.